The van der Waals surface area contributed by atoms with Crippen LogP contribution in [0.15, 0.2) is 53.4 Å². The summed E-state index contributed by atoms with van der Waals surface area (Å²) in [6.07, 6.45) is 0.447. The number of carbonyl (C=O) groups is 2. The molecular weight excluding hydrogens is 336 g/mol. The van der Waals surface area contributed by atoms with Crippen molar-refractivity contribution >= 4 is 29.1 Å². The van der Waals surface area contributed by atoms with E-state index in [2.05, 4.69) is 11.4 Å². The fourth-order valence-electron chi connectivity index (χ4n) is 2.04. The van der Waals surface area contributed by atoms with Gasteiger partial charge in [-0.25, -0.2) is 0 Å². The highest BCUT2D eigenvalue weighted by Crippen LogP contribution is 2.27. The summed E-state index contributed by atoms with van der Waals surface area (Å²) in [5.74, 6) is 0.789. The molecule has 6 heteroatoms. The molecule has 25 heavy (non-hydrogen) atoms. The van der Waals surface area contributed by atoms with Gasteiger partial charge >= 0.3 is 0 Å². The Bertz CT molecular complexity index is 799. The van der Waals surface area contributed by atoms with E-state index >= 15 is 0 Å². The van der Waals surface area contributed by atoms with Crippen LogP contribution in [0.4, 0.5) is 5.69 Å². The van der Waals surface area contributed by atoms with E-state index in [0.29, 0.717) is 29.2 Å². The number of nitrogens with zero attached hydrogens (tertiary/aromatic N) is 1. The lowest BCUT2D eigenvalue weighted by Gasteiger charge is -2.11. The second-order valence-electron chi connectivity index (χ2n) is 5.17. The van der Waals surface area contributed by atoms with Crippen LogP contribution in [0.3, 0.4) is 0 Å². The molecule has 1 N–H and O–H groups in total. The molecule has 0 atom stereocenters. The lowest BCUT2D eigenvalue weighted by atomic mass is 10.1. The van der Waals surface area contributed by atoms with Gasteiger partial charge in [0.2, 0.25) is 0 Å². The molecule has 0 bridgehead atoms. The minimum atomic E-state index is -0.290. The number of amides is 1. The van der Waals surface area contributed by atoms with Crippen LogP contribution in [0.1, 0.15) is 23.7 Å². The Labute approximate surface area is 151 Å². The largest absolute Gasteiger partial charge is 0.484 e. The van der Waals surface area contributed by atoms with Crippen molar-refractivity contribution in [3.8, 4) is 11.8 Å². The number of rotatable bonds is 8. The van der Waals surface area contributed by atoms with Crippen LogP contribution in [-0.4, -0.2) is 24.1 Å². The number of carbonyl (C=O) groups excluding carboxylic acids is 2. The number of ketones is 1. The molecule has 0 saturated heterocycles. The normalized spacial score (nSPS) is 9.92. The highest BCUT2D eigenvalue weighted by Gasteiger charge is 2.08. The lowest BCUT2D eigenvalue weighted by Crippen LogP contribution is -2.20. The molecule has 5 nitrogen and oxygen atoms in total. The molecule has 2 aromatic carbocycles. The number of anilines is 1. The Hall–Kier alpha value is -2.78. The average molecular weight is 354 g/mol. The standard InChI is InChI=1S/C19H18N2O3S/c1-14(22)15-6-4-7-16(12-15)24-13-19(23)21-17-8-2-3-9-18(17)25-11-5-10-20/h2-4,6-9,12H,5,11,13H2,1H3,(H,21,23). The van der Waals surface area contributed by atoms with Gasteiger partial charge in [0, 0.05) is 22.6 Å². The molecule has 0 saturated carbocycles. The lowest BCUT2D eigenvalue weighted by molar-refractivity contribution is -0.118. The van der Waals surface area contributed by atoms with Gasteiger partial charge in [0.05, 0.1) is 11.8 Å². The minimum Gasteiger partial charge on any atom is -0.484 e. The molecule has 1 amide bonds. The third kappa shape index (κ3) is 5.98. The Balaban J connectivity index is 1.93. The Kier molecular flexibility index (Phi) is 7.05. The van der Waals surface area contributed by atoms with Crippen molar-refractivity contribution in [1.29, 1.82) is 5.26 Å². The molecule has 0 fully saturated rings. The summed E-state index contributed by atoms with van der Waals surface area (Å²) < 4.78 is 5.46. The van der Waals surface area contributed by atoms with Crippen LogP contribution in [0.25, 0.3) is 0 Å². The molecule has 0 aliphatic heterocycles. The van der Waals surface area contributed by atoms with Gasteiger partial charge < -0.3 is 10.1 Å². The number of hydrogen-bond acceptors (Lipinski definition) is 5. The molecule has 0 aliphatic carbocycles. The van der Waals surface area contributed by atoms with Gasteiger partial charge in [-0.05, 0) is 31.2 Å². The van der Waals surface area contributed by atoms with Gasteiger partial charge in [0.25, 0.3) is 5.91 Å². The van der Waals surface area contributed by atoms with Crippen molar-refractivity contribution in [2.24, 2.45) is 0 Å². The predicted octanol–water partition coefficient (Wildman–Crippen LogP) is 3.91. The second-order valence-corrected chi connectivity index (χ2v) is 6.31. The Morgan fingerprint density at radius 2 is 2.00 bits per heavy atom. The number of ether oxygens (including phenoxy) is 1. The number of para-hydroxylation sites is 1. The Morgan fingerprint density at radius 3 is 2.76 bits per heavy atom. The van der Waals surface area contributed by atoms with E-state index in [1.165, 1.54) is 18.7 Å². The van der Waals surface area contributed by atoms with Gasteiger partial charge in [-0.15, -0.1) is 11.8 Å². The summed E-state index contributed by atoms with van der Waals surface area (Å²) >= 11 is 1.52. The van der Waals surface area contributed by atoms with Crippen molar-refractivity contribution in [3.63, 3.8) is 0 Å². The van der Waals surface area contributed by atoms with E-state index < -0.39 is 0 Å². The van der Waals surface area contributed by atoms with Crippen LogP contribution >= 0.6 is 11.8 Å². The molecule has 0 unspecified atom stereocenters. The highest BCUT2D eigenvalue weighted by atomic mass is 32.2. The number of benzene rings is 2. The third-order valence-electron chi connectivity index (χ3n) is 3.24. The van der Waals surface area contributed by atoms with E-state index in [0.717, 1.165) is 4.90 Å². The van der Waals surface area contributed by atoms with E-state index in [1.54, 1.807) is 24.3 Å². The first-order valence-electron chi connectivity index (χ1n) is 7.72. The summed E-state index contributed by atoms with van der Waals surface area (Å²) in [6.45, 7) is 1.32. The van der Waals surface area contributed by atoms with Gasteiger partial charge in [-0.1, -0.05) is 24.3 Å². The number of nitrogens with one attached hydrogen (secondary N) is 1. The van der Waals surface area contributed by atoms with E-state index in [4.69, 9.17) is 10.00 Å². The van der Waals surface area contributed by atoms with E-state index in [1.807, 2.05) is 24.3 Å². The summed E-state index contributed by atoms with van der Waals surface area (Å²) in [4.78, 5) is 24.4. The molecule has 0 spiro atoms. The quantitative estimate of drug-likeness (QED) is 0.442. The van der Waals surface area contributed by atoms with Crippen molar-refractivity contribution < 1.29 is 14.3 Å². The molecule has 128 valence electrons. The van der Waals surface area contributed by atoms with Gasteiger partial charge in [0.15, 0.2) is 12.4 Å². The van der Waals surface area contributed by atoms with Gasteiger partial charge in [0.1, 0.15) is 5.75 Å². The third-order valence-corrected chi connectivity index (χ3v) is 4.32. The summed E-state index contributed by atoms with van der Waals surface area (Å²) in [6, 6.07) is 16.2. The van der Waals surface area contributed by atoms with E-state index in [-0.39, 0.29) is 18.3 Å². The molecule has 0 radical (unpaired) electrons. The zero-order valence-electron chi connectivity index (χ0n) is 13.8. The first kappa shape index (κ1) is 18.6. The van der Waals surface area contributed by atoms with Crippen LogP contribution in [0.5, 0.6) is 5.75 Å². The zero-order chi connectivity index (χ0) is 18.1. The maximum absolute atomic E-state index is 12.1. The first-order valence-corrected chi connectivity index (χ1v) is 8.71. The summed E-state index contributed by atoms with van der Waals surface area (Å²) in [5.41, 5.74) is 1.23. The molecule has 2 aromatic rings. The Morgan fingerprint density at radius 1 is 1.20 bits per heavy atom. The number of nitriles is 1. The smallest absolute Gasteiger partial charge is 0.262 e. The monoisotopic (exact) mass is 354 g/mol. The molecule has 0 aromatic heterocycles. The number of hydrogen-bond donors (Lipinski definition) is 1. The molecule has 0 heterocycles. The highest BCUT2D eigenvalue weighted by molar-refractivity contribution is 7.99. The SMILES string of the molecule is CC(=O)c1cccc(OCC(=O)Nc2ccccc2SCCC#N)c1. The van der Waals surface area contributed by atoms with Gasteiger partial charge in [-0.3, -0.25) is 9.59 Å². The van der Waals surface area contributed by atoms with Crippen LogP contribution < -0.4 is 10.1 Å². The molecule has 0 aliphatic rings. The maximum Gasteiger partial charge on any atom is 0.262 e. The van der Waals surface area contributed by atoms with Crippen molar-refractivity contribution in [2.75, 3.05) is 17.7 Å². The van der Waals surface area contributed by atoms with Crippen LogP contribution in [0.2, 0.25) is 0 Å². The van der Waals surface area contributed by atoms with Crippen molar-refractivity contribution in [3.05, 3.63) is 54.1 Å². The summed E-state index contributed by atoms with van der Waals surface area (Å²) in [7, 11) is 0. The fourth-order valence-corrected chi connectivity index (χ4v) is 2.91. The van der Waals surface area contributed by atoms with Gasteiger partial charge in [-0.2, -0.15) is 5.26 Å². The second kappa shape index (κ2) is 9.50. The van der Waals surface area contributed by atoms with E-state index in [9.17, 15) is 9.59 Å². The fraction of sp³-hybridized carbons (Fsp3) is 0.211. The summed E-state index contributed by atoms with van der Waals surface area (Å²) in [5, 5.41) is 11.4. The first-order chi connectivity index (χ1) is 12.1. The van der Waals surface area contributed by atoms with Crippen molar-refractivity contribution in [2.45, 2.75) is 18.2 Å². The van der Waals surface area contributed by atoms with Crippen LogP contribution in [-0.2, 0) is 4.79 Å². The molecular formula is C19H18N2O3S. The molecule has 2 rings (SSSR count). The average Bonchev–Trinajstić information content (AvgIpc) is 2.62. The van der Waals surface area contributed by atoms with Crippen molar-refractivity contribution in [1.82, 2.24) is 0 Å². The number of Topliss-reactive ketones (excluding diaryl/α,β-unsaturated/α-hetero) is 1. The number of thioether (sulfide) groups is 1. The van der Waals surface area contributed by atoms with Crippen LogP contribution in [0, 0.1) is 11.3 Å². The predicted molar refractivity (Wildman–Crippen MR) is 98.0 cm³/mol. The zero-order valence-corrected chi connectivity index (χ0v) is 14.6. The minimum absolute atomic E-state index is 0.0572. The topological polar surface area (TPSA) is 79.2 Å². The maximum atomic E-state index is 12.1.